The standard InChI is InChI=1S/C14H16ClN5O4/c1-14(2,3)24-13(22)18-8-5-9(15)11(16-6-8)20-17-7-10(19-20)12(21)23-4/h5-7H,1-4H3,(H,18,22). The molecule has 0 aliphatic carbocycles. The molecule has 1 amide bonds. The molecule has 1 N–H and O–H groups in total. The number of amides is 1. The van der Waals surface area contributed by atoms with Crippen LogP contribution >= 0.6 is 11.6 Å². The quantitative estimate of drug-likeness (QED) is 0.844. The van der Waals surface area contributed by atoms with Crippen molar-refractivity contribution in [2.75, 3.05) is 12.4 Å². The third-order valence-corrected chi connectivity index (χ3v) is 2.82. The summed E-state index contributed by atoms with van der Waals surface area (Å²) in [5.41, 5.74) is -0.255. The van der Waals surface area contributed by atoms with Gasteiger partial charge in [-0.3, -0.25) is 5.32 Å². The zero-order valence-electron chi connectivity index (χ0n) is 13.5. The number of rotatable bonds is 3. The van der Waals surface area contributed by atoms with Crippen LogP contribution in [0.1, 0.15) is 31.3 Å². The fourth-order valence-electron chi connectivity index (χ4n) is 1.63. The molecule has 0 spiro atoms. The molecule has 2 heterocycles. The van der Waals surface area contributed by atoms with Crippen LogP contribution < -0.4 is 5.32 Å². The monoisotopic (exact) mass is 353 g/mol. The van der Waals surface area contributed by atoms with E-state index in [1.807, 2.05) is 0 Å². The number of hydrogen-bond acceptors (Lipinski definition) is 7. The molecule has 0 atom stereocenters. The number of pyridine rings is 1. The number of methoxy groups -OCH3 is 1. The van der Waals surface area contributed by atoms with Crippen LogP contribution in [0.4, 0.5) is 10.5 Å². The van der Waals surface area contributed by atoms with Crippen LogP contribution in [-0.2, 0) is 9.47 Å². The van der Waals surface area contributed by atoms with Gasteiger partial charge in [0.05, 0.1) is 30.2 Å². The molecule has 0 radical (unpaired) electrons. The number of carbonyl (C=O) groups is 2. The molecule has 0 aromatic carbocycles. The lowest BCUT2D eigenvalue weighted by atomic mass is 10.2. The summed E-state index contributed by atoms with van der Waals surface area (Å²) in [5, 5.41) is 10.5. The van der Waals surface area contributed by atoms with E-state index in [1.54, 1.807) is 20.8 Å². The maximum atomic E-state index is 11.7. The molecule has 0 aliphatic heterocycles. The predicted molar refractivity (Wildman–Crippen MR) is 85.4 cm³/mol. The third-order valence-electron chi connectivity index (χ3n) is 2.54. The molecule has 2 rings (SSSR count). The first kappa shape index (κ1) is 17.7. The first-order chi connectivity index (χ1) is 11.2. The summed E-state index contributed by atoms with van der Waals surface area (Å²) < 4.78 is 9.69. The summed E-state index contributed by atoms with van der Waals surface area (Å²) in [6.07, 6.45) is 1.97. The smallest absolute Gasteiger partial charge is 0.412 e. The van der Waals surface area contributed by atoms with Crippen LogP contribution in [0.2, 0.25) is 5.02 Å². The maximum Gasteiger partial charge on any atom is 0.412 e. The largest absolute Gasteiger partial charge is 0.464 e. The van der Waals surface area contributed by atoms with E-state index in [4.69, 9.17) is 16.3 Å². The number of aromatic nitrogens is 4. The molecular weight excluding hydrogens is 338 g/mol. The fourth-order valence-corrected chi connectivity index (χ4v) is 1.87. The van der Waals surface area contributed by atoms with Crippen molar-refractivity contribution in [1.29, 1.82) is 0 Å². The van der Waals surface area contributed by atoms with Gasteiger partial charge in [0, 0.05) is 0 Å². The Morgan fingerprint density at radius 2 is 2.00 bits per heavy atom. The minimum atomic E-state index is -0.627. The van der Waals surface area contributed by atoms with Crippen molar-refractivity contribution in [1.82, 2.24) is 20.0 Å². The molecule has 128 valence electrons. The normalized spacial score (nSPS) is 11.0. The Labute approximate surface area is 142 Å². The summed E-state index contributed by atoms with van der Waals surface area (Å²) in [4.78, 5) is 28.3. The van der Waals surface area contributed by atoms with Gasteiger partial charge in [0.15, 0.2) is 11.5 Å². The molecule has 0 saturated carbocycles. The minimum Gasteiger partial charge on any atom is -0.464 e. The number of esters is 1. The average molecular weight is 354 g/mol. The van der Waals surface area contributed by atoms with Crippen molar-refractivity contribution >= 4 is 29.4 Å². The van der Waals surface area contributed by atoms with E-state index in [0.717, 1.165) is 4.80 Å². The summed E-state index contributed by atoms with van der Waals surface area (Å²) in [6.45, 7) is 5.26. The Hall–Kier alpha value is -2.68. The molecule has 0 unspecified atom stereocenters. The van der Waals surface area contributed by atoms with Gasteiger partial charge in [0.25, 0.3) is 0 Å². The summed E-state index contributed by atoms with van der Waals surface area (Å²) in [5.74, 6) is -0.429. The number of carbonyl (C=O) groups excluding carboxylic acids is 2. The molecule has 2 aromatic rings. The highest BCUT2D eigenvalue weighted by Gasteiger charge is 2.18. The Morgan fingerprint density at radius 1 is 1.29 bits per heavy atom. The van der Waals surface area contributed by atoms with Crippen molar-refractivity contribution in [2.45, 2.75) is 26.4 Å². The number of nitrogens with zero attached hydrogens (tertiary/aromatic N) is 4. The first-order valence-electron chi connectivity index (χ1n) is 6.86. The molecule has 2 aromatic heterocycles. The lowest BCUT2D eigenvalue weighted by molar-refractivity contribution is 0.0591. The second kappa shape index (κ2) is 6.83. The van der Waals surface area contributed by atoms with E-state index in [1.165, 1.54) is 25.6 Å². The lowest BCUT2D eigenvalue weighted by Gasteiger charge is -2.19. The topological polar surface area (TPSA) is 108 Å². The van der Waals surface area contributed by atoms with Crippen molar-refractivity contribution < 1.29 is 19.1 Å². The van der Waals surface area contributed by atoms with Crippen LogP contribution in [0.5, 0.6) is 0 Å². The molecule has 0 aliphatic rings. The van der Waals surface area contributed by atoms with E-state index in [-0.39, 0.29) is 16.5 Å². The van der Waals surface area contributed by atoms with Gasteiger partial charge in [0.1, 0.15) is 5.60 Å². The van der Waals surface area contributed by atoms with Gasteiger partial charge in [-0.1, -0.05) is 11.6 Å². The lowest BCUT2D eigenvalue weighted by Crippen LogP contribution is -2.27. The Balaban J connectivity index is 2.16. The van der Waals surface area contributed by atoms with Gasteiger partial charge < -0.3 is 9.47 Å². The van der Waals surface area contributed by atoms with Crippen molar-refractivity contribution in [3.05, 3.63) is 29.2 Å². The van der Waals surface area contributed by atoms with E-state index in [2.05, 4.69) is 25.2 Å². The Kier molecular flexibility index (Phi) is 5.03. The Morgan fingerprint density at radius 3 is 2.58 bits per heavy atom. The van der Waals surface area contributed by atoms with Crippen LogP contribution in [0.25, 0.3) is 5.82 Å². The Bertz CT molecular complexity index is 769. The van der Waals surface area contributed by atoms with E-state index in [9.17, 15) is 9.59 Å². The summed E-state index contributed by atoms with van der Waals surface area (Å²) >= 11 is 6.13. The second-order valence-corrected chi connectivity index (χ2v) is 6.07. The molecule has 0 saturated heterocycles. The SMILES string of the molecule is COC(=O)c1cnn(-c2ncc(NC(=O)OC(C)(C)C)cc2Cl)n1. The molecule has 0 bridgehead atoms. The third kappa shape index (κ3) is 4.42. The molecule has 10 heteroatoms. The number of nitrogens with one attached hydrogen (secondary N) is 1. The first-order valence-corrected chi connectivity index (χ1v) is 7.24. The molecule has 24 heavy (non-hydrogen) atoms. The fraction of sp³-hybridized carbons (Fsp3) is 0.357. The van der Waals surface area contributed by atoms with E-state index in [0.29, 0.717) is 5.69 Å². The minimum absolute atomic E-state index is 0.0197. The number of anilines is 1. The zero-order valence-corrected chi connectivity index (χ0v) is 14.3. The highest BCUT2D eigenvalue weighted by atomic mass is 35.5. The van der Waals surface area contributed by atoms with Gasteiger partial charge >= 0.3 is 12.1 Å². The average Bonchev–Trinajstić information content (AvgIpc) is 2.94. The number of hydrogen-bond donors (Lipinski definition) is 1. The van der Waals surface area contributed by atoms with Gasteiger partial charge in [-0.25, -0.2) is 14.6 Å². The van der Waals surface area contributed by atoms with Crippen molar-refractivity contribution in [3.63, 3.8) is 0 Å². The van der Waals surface area contributed by atoms with Crippen LogP contribution in [-0.4, -0.2) is 44.8 Å². The number of ether oxygens (including phenoxy) is 2. The van der Waals surface area contributed by atoms with Crippen LogP contribution in [0.15, 0.2) is 18.5 Å². The predicted octanol–water partition coefficient (Wildman–Crippen LogP) is 2.45. The van der Waals surface area contributed by atoms with Gasteiger partial charge in [0.2, 0.25) is 0 Å². The van der Waals surface area contributed by atoms with Gasteiger partial charge in [-0.05, 0) is 26.8 Å². The second-order valence-electron chi connectivity index (χ2n) is 5.67. The summed E-state index contributed by atoms with van der Waals surface area (Å²) in [7, 11) is 1.24. The van der Waals surface area contributed by atoms with Crippen molar-refractivity contribution in [3.8, 4) is 5.82 Å². The maximum absolute atomic E-state index is 11.7. The molecule has 0 fully saturated rings. The van der Waals surface area contributed by atoms with Gasteiger partial charge in [-0.15, -0.1) is 9.90 Å². The van der Waals surface area contributed by atoms with E-state index >= 15 is 0 Å². The van der Waals surface area contributed by atoms with Crippen molar-refractivity contribution in [2.24, 2.45) is 0 Å². The summed E-state index contributed by atoms with van der Waals surface area (Å²) in [6, 6.07) is 1.47. The van der Waals surface area contributed by atoms with Crippen LogP contribution in [0, 0.1) is 0 Å². The highest BCUT2D eigenvalue weighted by molar-refractivity contribution is 6.32. The van der Waals surface area contributed by atoms with Gasteiger partial charge in [-0.2, -0.15) is 5.10 Å². The molecular formula is C14H16ClN5O4. The number of halogens is 1. The van der Waals surface area contributed by atoms with E-state index < -0.39 is 17.7 Å². The van der Waals surface area contributed by atoms with Crippen LogP contribution in [0.3, 0.4) is 0 Å². The zero-order chi connectivity index (χ0) is 17.9. The molecule has 9 nitrogen and oxygen atoms in total. The highest BCUT2D eigenvalue weighted by Crippen LogP contribution is 2.21.